The van der Waals surface area contributed by atoms with Crippen molar-refractivity contribution in [2.24, 2.45) is 7.05 Å². The fourth-order valence-corrected chi connectivity index (χ4v) is 3.78. The van der Waals surface area contributed by atoms with E-state index >= 15 is 0 Å². The van der Waals surface area contributed by atoms with E-state index in [0.717, 1.165) is 22.0 Å². The van der Waals surface area contributed by atoms with E-state index in [0.29, 0.717) is 18.7 Å². The minimum Gasteiger partial charge on any atom is -0.383 e. The molecule has 0 N–H and O–H groups in total. The van der Waals surface area contributed by atoms with Gasteiger partial charge < -0.3 is 9.30 Å². The topological polar surface area (TPSA) is 69.9 Å². The summed E-state index contributed by atoms with van der Waals surface area (Å²) >= 11 is 1.59. The third-order valence-electron chi connectivity index (χ3n) is 4.10. The summed E-state index contributed by atoms with van der Waals surface area (Å²) in [6, 6.07) is 13.5. The summed E-state index contributed by atoms with van der Waals surface area (Å²) in [5.41, 5.74) is 3.39. The van der Waals surface area contributed by atoms with Gasteiger partial charge in [0.2, 0.25) is 0 Å². The average molecular weight is 382 g/mol. The van der Waals surface area contributed by atoms with Crippen molar-refractivity contribution in [3.8, 4) is 0 Å². The Morgan fingerprint density at radius 3 is 2.78 bits per heavy atom. The van der Waals surface area contributed by atoms with Crippen molar-refractivity contribution >= 4 is 17.5 Å². The number of aromatic nitrogens is 4. The molecule has 0 bridgehead atoms. The summed E-state index contributed by atoms with van der Waals surface area (Å²) in [4.78, 5) is 16.9. The highest BCUT2D eigenvalue weighted by atomic mass is 32.2. The van der Waals surface area contributed by atoms with Crippen molar-refractivity contribution in [1.29, 1.82) is 0 Å². The number of hydrogen-bond donors (Lipinski definition) is 0. The van der Waals surface area contributed by atoms with Gasteiger partial charge in [-0.2, -0.15) is 0 Å². The van der Waals surface area contributed by atoms with Gasteiger partial charge in [0.25, 0.3) is 0 Å². The Morgan fingerprint density at radius 1 is 1.26 bits per heavy atom. The van der Waals surface area contributed by atoms with Crippen LogP contribution in [0.3, 0.4) is 0 Å². The number of pyridine rings is 1. The van der Waals surface area contributed by atoms with E-state index in [1.54, 1.807) is 31.3 Å². The first-order valence-corrected chi connectivity index (χ1v) is 9.50. The maximum absolute atomic E-state index is 12.6. The third kappa shape index (κ3) is 5.02. The summed E-state index contributed by atoms with van der Waals surface area (Å²) < 4.78 is 7.27. The summed E-state index contributed by atoms with van der Waals surface area (Å²) in [7, 11) is 3.59. The number of carbonyl (C=O) groups is 1. The van der Waals surface area contributed by atoms with Crippen LogP contribution in [0.4, 0.5) is 0 Å². The maximum Gasteiger partial charge on any atom is 0.191 e. The number of aryl methyl sites for hydroxylation is 2. The molecule has 140 valence electrons. The summed E-state index contributed by atoms with van der Waals surface area (Å²) in [6.07, 6.45) is 1.99. The third-order valence-corrected chi connectivity index (χ3v) is 5.37. The molecular weight excluding hydrogens is 360 g/mol. The first kappa shape index (κ1) is 19.3. The highest BCUT2D eigenvalue weighted by Gasteiger charge is 2.17. The second kappa shape index (κ2) is 8.92. The van der Waals surface area contributed by atoms with E-state index in [4.69, 9.17) is 4.74 Å². The van der Waals surface area contributed by atoms with Crippen LogP contribution < -0.4 is 0 Å². The molecule has 7 heteroatoms. The van der Waals surface area contributed by atoms with Gasteiger partial charge >= 0.3 is 0 Å². The predicted octanol–water partition coefficient (Wildman–Crippen LogP) is 3.42. The van der Waals surface area contributed by atoms with E-state index in [1.165, 1.54) is 0 Å². The molecule has 27 heavy (non-hydrogen) atoms. The molecule has 3 aromatic rings. The van der Waals surface area contributed by atoms with E-state index in [9.17, 15) is 4.79 Å². The Hall–Kier alpha value is -2.51. The molecule has 0 aliphatic rings. The lowest BCUT2D eigenvalue weighted by atomic mass is 10.0. The summed E-state index contributed by atoms with van der Waals surface area (Å²) in [6.45, 7) is 2.42. The van der Waals surface area contributed by atoms with Crippen LogP contribution in [0.5, 0.6) is 0 Å². The van der Waals surface area contributed by atoms with Crippen LogP contribution in [-0.2, 0) is 18.2 Å². The Balaban J connectivity index is 1.78. The number of ketones is 1. The molecule has 2 heterocycles. The fourth-order valence-electron chi connectivity index (χ4n) is 2.73. The number of Topliss-reactive ketones (excluding diaryl/α,β-unsaturated/α-hetero) is 1. The number of nitrogens with zero attached hydrogens (tertiary/aromatic N) is 4. The van der Waals surface area contributed by atoms with E-state index in [-0.39, 0.29) is 11.0 Å². The largest absolute Gasteiger partial charge is 0.383 e. The van der Waals surface area contributed by atoms with Gasteiger partial charge in [-0.15, -0.1) is 10.2 Å². The Labute approximate surface area is 163 Å². The number of hydrogen-bond acceptors (Lipinski definition) is 6. The van der Waals surface area contributed by atoms with Gasteiger partial charge in [0.1, 0.15) is 12.0 Å². The molecule has 0 aliphatic heterocycles. The molecule has 0 spiro atoms. The lowest BCUT2D eigenvalue weighted by Crippen LogP contribution is -2.08. The van der Waals surface area contributed by atoms with Gasteiger partial charge in [0, 0.05) is 26.3 Å². The van der Waals surface area contributed by atoms with Gasteiger partial charge in [-0.3, -0.25) is 9.78 Å². The van der Waals surface area contributed by atoms with Gasteiger partial charge in [0.05, 0.1) is 11.9 Å². The Kier molecular flexibility index (Phi) is 6.36. The highest BCUT2D eigenvalue weighted by Crippen LogP contribution is 2.34. The summed E-state index contributed by atoms with van der Waals surface area (Å²) in [5, 5.41) is 8.95. The molecule has 1 aromatic carbocycles. The first-order valence-electron chi connectivity index (χ1n) is 8.62. The van der Waals surface area contributed by atoms with Gasteiger partial charge in [0.15, 0.2) is 10.9 Å². The number of thioether (sulfide) groups is 1. The van der Waals surface area contributed by atoms with E-state index < -0.39 is 0 Å². The van der Waals surface area contributed by atoms with Gasteiger partial charge in [-0.05, 0) is 30.2 Å². The second-order valence-corrected chi connectivity index (χ2v) is 7.47. The molecule has 1 atom stereocenters. The van der Waals surface area contributed by atoms with Crippen molar-refractivity contribution in [3.05, 3.63) is 71.3 Å². The fraction of sp³-hybridized carbons (Fsp3) is 0.300. The van der Waals surface area contributed by atoms with Gasteiger partial charge in [-0.25, -0.2) is 0 Å². The zero-order valence-electron chi connectivity index (χ0n) is 15.6. The lowest BCUT2D eigenvalue weighted by molar-refractivity contribution is 0.0988. The molecule has 1 unspecified atom stereocenters. The van der Waals surface area contributed by atoms with Crippen molar-refractivity contribution in [3.63, 3.8) is 0 Å². The van der Waals surface area contributed by atoms with Crippen LogP contribution in [0.2, 0.25) is 0 Å². The Morgan fingerprint density at radius 2 is 2.07 bits per heavy atom. The molecular formula is C20H22N4O2S. The van der Waals surface area contributed by atoms with Crippen LogP contribution in [0.25, 0.3) is 0 Å². The average Bonchev–Trinajstić information content (AvgIpc) is 3.06. The molecule has 0 amide bonds. The number of carbonyl (C=O) groups excluding carboxylic acids is 1. The smallest absolute Gasteiger partial charge is 0.191 e. The molecule has 0 saturated carbocycles. The normalized spacial score (nSPS) is 12.1. The highest BCUT2D eigenvalue weighted by molar-refractivity contribution is 7.99. The molecule has 0 radical (unpaired) electrons. The minimum absolute atomic E-state index is 0.0140. The number of benzene rings is 1. The molecule has 2 aromatic heterocycles. The quantitative estimate of drug-likeness (QED) is 0.439. The zero-order valence-corrected chi connectivity index (χ0v) is 16.4. The van der Waals surface area contributed by atoms with Crippen molar-refractivity contribution in [1.82, 2.24) is 19.7 Å². The standard InChI is InChI=1S/C20H22N4O2S/c1-14-6-4-9-17(22-14)18(25)11-15-7-5-8-16(10-15)19(12-26-3)27-20-23-21-13-24(20)2/h4-10,13,19H,11-12H2,1-3H3. The Bertz CT molecular complexity index is 926. The number of rotatable bonds is 8. The van der Waals surface area contributed by atoms with Crippen LogP contribution in [0, 0.1) is 6.92 Å². The number of ether oxygens (including phenoxy) is 1. The summed E-state index contributed by atoms with van der Waals surface area (Å²) in [5.74, 6) is 0.0140. The van der Waals surface area contributed by atoms with Crippen LogP contribution in [-0.4, -0.2) is 39.2 Å². The first-order chi connectivity index (χ1) is 13.1. The van der Waals surface area contributed by atoms with Crippen LogP contribution in [0.15, 0.2) is 53.9 Å². The maximum atomic E-state index is 12.6. The molecule has 0 aliphatic carbocycles. The van der Waals surface area contributed by atoms with E-state index in [1.807, 2.05) is 48.9 Å². The monoisotopic (exact) mass is 382 g/mol. The van der Waals surface area contributed by atoms with Crippen molar-refractivity contribution < 1.29 is 9.53 Å². The van der Waals surface area contributed by atoms with Crippen LogP contribution >= 0.6 is 11.8 Å². The zero-order chi connectivity index (χ0) is 19.2. The van der Waals surface area contributed by atoms with Crippen molar-refractivity contribution in [2.45, 2.75) is 23.8 Å². The predicted molar refractivity (Wildman–Crippen MR) is 105 cm³/mol. The molecule has 3 rings (SSSR count). The molecule has 6 nitrogen and oxygen atoms in total. The molecule has 0 saturated heterocycles. The van der Waals surface area contributed by atoms with Crippen molar-refractivity contribution in [2.75, 3.05) is 13.7 Å². The van der Waals surface area contributed by atoms with E-state index in [2.05, 4.69) is 21.2 Å². The lowest BCUT2D eigenvalue weighted by Gasteiger charge is -2.16. The number of methoxy groups -OCH3 is 1. The van der Waals surface area contributed by atoms with Crippen LogP contribution in [0.1, 0.15) is 32.6 Å². The minimum atomic E-state index is 0.0140. The second-order valence-electron chi connectivity index (χ2n) is 6.30. The van der Waals surface area contributed by atoms with Gasteiger partial charge in [-0.1, -0.05) is 42.1 Å². The SMILES string of the molecule is COCC(Sc1nncn1C)c1cccc(CC(=O)c2cccc(C)n2)c1. The molecule has 0 fully saturated rings.